The number of epoxide rings is 1. The average molecular weight is 399 g/mol. The number of hydrogen-bond donors (Lipinski definition) is 2. The van der Waals surface area contributed by atoms with Crippen molar-refractivity contribution in [2.75, 3.05) is 26.3 Å². The first kappa shape index (κ1) is 17.4. The van der Waals surface area contributed by atoms with Gasteiger partial charge in [0.15, 0.2) is 11.5 Å². The first-order valence-electron chi connectivity index (χ1n) is 11.3. The number of rotatable bonds is 5. The number of aromatic hydroxyl groups is 1. The van der Waals surface area contributed by atoms with Crippen LogP contribution in [0.5, 0.6) is 11.5 Å². The Morgan fingerprint density at radius 1 is 1.21 bits per heavy atom. The quantitative estimate of drug-likeness (QED) is 0.735. The number of nitrogens with zero attached hydrogens (tertiary/aromatic N) is 1. The summed E-state index contributed by atoms with van der Waals surface area (Å²) in [4.78, 5) is 2.56. The van der Waals surface area contributed by atoms with Gasteiger partial charge in [0.1, 0.15) is 12.2 Å². The van der Waals surface area contributed by atoms with Crippen LogP contribution < -0.4 is 4.74 Å². The maximum atomic E-state index is 12.3. The van der Waals surface area contributed by atoms with E-state index in [1.807, 2.05) is 0 Å². The van der Waals surface area contributed by atoms with Crippen molar-refractivity contribution in [2.45, 2.75) is 73.9 Å². The fraction of sp³-hybridized carbons (Fsp3) is 0.739. The Balaban J connectivity index is 1.34. The molecule has 0 amide bonds. The molecule has 4 fully saturated rings. The summed E-state index contributed by atoms with van der Waals surface area (Å²) >= 11 is 0. The third-order valence-corrected chi connectivity index (χ3v) is 8.61. The monoisotopic (exact) mass is 399 g/mol. The van der Waals surface area contributed by atoms with Crippen molar-refractivity contribution in [2.24, 2.45) is 5.92 Å². The Kier molecular flexibility index (Phi) is 3.39. The minimum absolute atomic E-state index is 0.0761. The number of benzene rings is 1. The predicted octanol–water partition coefficient (Wildman–Crippen LogP) is 1.74. The van der Waals surface area contributed by atoms with Gasteiger partial charge in [0.05, 0.1) is 30.3 Å². The highest BCUT2D eigenvalue weighted by molar-refractivity contribution is 5.62. The van der Waals surface area contributed by atoms with E-state index in [-0.39, 0.29) is 30.1 Å². The SMILES string of the molecule is Oc1ccc2c3c1OC1C(OCC4CO4)CCC4(O)C(C2)N(CC2CC2)CCC314. The molecule has 6 unspecified atom stereocenters. The van der Waals surface area contributed by atoms with Gasteiger partial charge < -0.3 is 24.4 Å². The van der Waals surface area contributed by atoms with Crippen LogP contribution in [-0.4, -0.2) is 71.4 Å². The summed E-state index contributed by atoms with van der Waals surface area (Å²) in [7, 11) is 0. The highest BCUT2D eigenvalue weighted by Crippen LogP contribution is 2.65. The van der Waals surface area contributed by atoms with Gasteiger partial charge in [-0.1, -0.05) is 6.07 Å². The highest BCUT2D eigenvalue weighted by atomic mass is 16.6. The van der Waals surface area contributed by atoms with Crippen LogP contribution in [0.4, 0.5) is 0 Å². The van der Waals surface area contributed by atoms with Gasteiger partial charge in [-0.15, -0.1) is 0 Å². The van der Waals surface area contributed by atoms with Crippen molar-refractivity contribution in [3.05, 3.63) is 23.3 Å². The van der Waals surface area contributed by atoms with Gasteiger partial charge in [0, 0.05) is 18.2 Å². The fourth-order valence-corrected chi connectivity index (χ4v) is 7.00. The van der Waals surface area contributed by atoms with E-state index in [9.17, 15) is 10.2 Å². The molecule has 7 rings (SSSR count). The molecule has 1 aromatic rings. The van der Waals surface area contributed by atoms with Crippen molar-refractivity contribution < 1.29 is 24.4 Å². The van der Waals surface area contributed by atoms with E-state index in [1.54, 1.807) is 6.07 Å². The van der Waals surface area contributed by atoms with Crippen LogP contribution >= 0.6 is 0 Å². The summed E-state index contributed by atoms with van der Waals surface area (Å²) in [5, 5.41) is 22.9. The number of likely N-dealkylation sites (tertiary alicyclic amines) is 1. The number of phenols is 1. The number of piperidine rings is 1. The molecule has 3 heterocycles. The van der Waals surface area contributed by atoms with Crippen molar-refractivity contribution in [1.29, 1.82) is 0 Å². The molecule has 2 saturated carbocycles. The summed E-state index contributed by atoms with van der Waals surface area (Å²) in [5.74, 6) is 1.59. The molecule has 2 N–H and O–H groups in total. The summed E-state index contributed by atoms with van der Waals surface area (Å²) < 4.78 is 18.1. The van der Waals surface area contributed by atoms with Crippen LogP contribution in [0.2, 0.25) is 0 Å². The average Bonchev–Trinajstić information content (AvgIpc) is 3.62. The van der Waals surface area contributed by atoms with Crippen LogP contribution in [0, 0.1) is 5.92 Å². The molecule has 29 heavy (non-hydrogen) atoms. The number of ether oxygens (including phenoxy) is 3. The maximum absolute atomic E-state index is 12.3. The standard InChI is InChI=1S/C23H29NO5/c25-16-4-3-14-9-18-23(26)6-5-17(28-12-15-11-27-15)21-22(23,19(14)20(16)29-21)7-8-24(18)10-13-1-2-13/h3-4,13,15,17-18,21,25-26H,1-2,5-12H2. The van der Waals surface area contributed by atoms with E-state index in [2.05, 4.69) is 11.0 Å². The molecule has 2 bridgehead atoms. The summed E-state index contributed by atoms with van der Waals surface area (Å²) in [5.41, 5.74) is 1.00. The maximum Gasteiger partial charge on any atom is 0.165 e. The van der Waals surface area contributed by atoms with Gasteiger partial charge >= 0.3 is 0 Å². The lowest BCUT2D eigenvalue weighted by Crippen LogP contribution is -2.77. The lowest BCUT2D eigenvalue weighted by Gasteiger charge is -2.64. The van der Waals surface area contributed by atoms with E-state index in [4.69, 9.17) is 14.2 Å². The van der Waals surface area contributed by atoms with Crippen molar-refractivity contribution >= 4 is 0 Å². The van der Waals surface area contributed by atoms with Crippen molar-refractivity contribution in [3.63, 3.8) is 0 Å². The molecule has 6 heteroatoms. The molecule has 1 spiro atoms. The third-order valence-electron chi connectivity index (χ3n) is 8.61. The van der Waals surface area contributed by atoms with E-state index >= 15 is 0 Å². The molecule has 0 radical (unpaired) electrons. The molecule has 6 atom stereocenters. The van der Waals surface area contributed by atoms with E-state index in [0.29, 0.717) is 12.4 Å². The lowest BCUT2D eigenvalue weighted by atomic mass is 9.48. The Hall–Kier alpha value is -1.34. The number of aliphatic hydroxyl groups is 1. The van der Waals surface area contributed by atoms with Crippen LogP contribution in [0.3, 0.4) is 0 Å². The molecular weight excluding hydrogens is 370 g/mol. The topological polar surface area (TPSA) is 74.7 Å². The molecule has 2 saturated heterocycles. The Morgan fingerprint density at radius 3 is 2.86 bits per heavy atom. The first-order chi connectivity index (χ1) is 14.1. The molecule has 3 aliphatic heterocycles. The zero-order valence-corrected chi connectivity index (χ0v) is 16.7. The second-order valence-corrected chi connectivity index (χ2v) is 10.2. The normalized spacial score (nSPS) is 44.3. The van der Waals surface area contributed by atoms with Gasteiger partial charge in [-0.25, -0.2) is 0 Å². The fourth-order valence-electron chi connectivity index (χ4n) is 7.00. The van der Waals surface area contributed by atoms with Gasteiger partial charge in [0.2, 0.25) is 0 Å². The second-order valence-electron chi connectivity index (χ2n) is 10.2. The Bertz CT molecular complexity index is 867. The van der Waals surface area contributed by atoms with Gasteiger partial charge in [-0.3, -0.25) is 4.90 Å². The zero-order chi connectivity index (χ0) is 19.4. The molecular formula is C23H29NO5. The summed E-state index contributed by atoms with van der Waals surface area (Å²) in [6, 6.07) is 3.94. The van der Waals surface area contributed by atoms with E-state index in [0.717, 1.165) is 56.9 Å². The predicted molar refractivity (Wildman–Crippen MR) is 104 cm³/mol. The van der Waals surface area contributed by atoms with Gasteiger partial charge in [0.25, 0.3) is 0 Å². The van der Waals surface area contributed by atoms with Crippen LogP contribution in [-0.2, 0) is 21.3 Å². The Labute approximate surface area is 170 Å². The smallest absolute Gasteiger partial charge is 0.165 e. The minimum atomic E-state index is -0.827. The number of hydrogen-bond acceptors (Lipinski definition) is 6. The van der Waals surface area contributed by atoms with Crippen molar-refractivity contribution in [1.82, 2.24) is 4.90 Å². The molecule has 6 aliphatic rings. The molecule has 0 aromatic heterocycles. The van der Waals surface area contributed by atoms with Crippen molar-refractivity contribution in [3.8, 4) is 11.5 Å². The van der Waals surface area contributed by atoms with Gasteiger partial charge in [-0.2, -0.15) is 0 Å². The van der Waals surface area contributed by atoms with Crippen LogP contribution in [0.15, 0.2) is 12.1 Å². The zero-order valence-electron chi connectivity index (χ0n) is 16.7. The van der Waals surface area contributed by atoms with Crippen LogP contribution in [0.25, 0.3) is 0 Å². The Morgan fingerprint density at radius 2 is 2.07 bits per heavy atom. The first-order valence-corrected chi connectivity index (χ1v) is 11.3. The molecule has 1 aromatic carbocycles. The summed E-state index contributed by atoms with van der Waals surface area (Å²) in [6.45, 7) is 3.45. The van der Waals surface area contributed by atoms with E-state index < -0.39 is 11.0 Å². The lowest BCUT2D eigenvalue weighted by molar-refractivity contribution is -0.215. The summed E-state index contributed by atoms with van der Waals surface area (Å²) in [6.07, 6.45) is 5.75. The number of phenolic OH excluding ortho intramolecular Hbond substituents is 1. The van der Waals surface area contributed by atoms with E-state index in [1.165, 1.54) is 18.4 Å². The molecule has 6 nitrogen and oxygen atoms in total. The third kappa shape index (κ3) is 2.21. The largest absolute Gasteiger partial charge is 0.504 e. The van der Waals surface area contributed by atoms with Gasteiger partial charge in [-0.05, 0) is 62.6 Å². The minimum Gasteiger partial charge on any atom is -0.504 e. The molecule has 3 aliphatic carbocycles. The second kappa shape index (κ2) is 5.67. The highest BCUT2D eigenvalue weighted by Gasteiger charge is 2.73. The molecule has 156 valence electrons. The van der Waals surface area contributed by atoms with Crippen LogP contribution in [0.1, 0.15) is 43.2 Å².